The maximum atomic E-state index is 7.62. The van der Waals surface area contributed by atoms with Gasteiger partial charge in [-0.3, -0.25) is 0 Å². The van der Waals surface area contributed by atoms with Gasteiger partial charge in [0, 0.05) is 17.0 Å². The lowest BCUT2D eigenvalue weighted by molar-refractivity contribution is -0.0155. The van der Waals surface area contributed by atoms with Crippen LogP contribution in [-0.4, -0.2) is 22.5 Å². The first-order valence-electron chi connectivity index (χ1n) is 12.1. The summed E-state index contributed by atoms with van der Waals surface area (Å²) in [6.07, 6.45) is 9.04. The zero-order valence-corrected chi connectivity index (χ0v) is 21.6. The molecule has 0 N–H and O–H groups in total. The summed E-state index contributed by atoms with van der Waals surface area (Å²) in [7, 11) is 1.50. The Hall–Kier alpha value is -1.00. The van der Waals surface area contributed by atoms with Gasteiger partial charge in [-0.05, 0) is 53.9 Å². The van der Waals surface area contributed by atoms with Crippen molar-refractivity contribution in [3.05, 3.63) is 23.3 Å². The molecule has 3 rings (SSSR count). The normalized spacial score (nSPS) is 21.4. The molecule has 4 heteroatoms. The van der Waals surface area contributed by atoms with Crippen LogP contribution >= 0.6 is 0 Å². The van der Waals surface area contributed by atoms with Crippen LogP contribution in [0.5, 0.6) is 11.5 Å². The van der Waals surface area contributed by atoms with Crippen LogP contribution in [0.3, 0.4) is 0 Å². The monoisotopic (exact) mass is 432 g/mol. The number of ether oxygens (including phenoxy) is 2. The molecule has 0 aromatic heterocycles. The molecule has 0 radical (unpaired) electrons. The Morgan fingerprint density at radius 1 is 0.833 bits per heavy atom. The number of hydrogen-bond donors (Lipinski definition) is 0. The molecule has 3 nitrogen and oxygen atoms in total. The summed E-state index contributed by atoms with van der Waals surface area (Å²) in [5, 5.41) is 0. The van der Waals surface area contributed by atoms with Crippen molar-refractivity contribution in [3.8, 4) is 11.5 Å². The predicted octanol–water partition coefficient (Wildman–Crippen LogP) is 7.83. The van der Waals surface area contributed by atoms with Crippen molar-refractivity contribution in [2.75, 3.05) is 14.2 Å². The minimum atomic E-state index is -2.04. The van der Waals surface area contributed by atoms with Crippen molar-refractivity contribution in [1.29, 1.82) is 0 Å². The lowest BCUT2D eigenvalue weighted by atomic mass is 9.62. The largest absolute Gasteiger partial charge is 0.497 e. The first-order valence-corrected chi connectivity index (χ1v) is 14.3. The van der Waals surface area contributed by atoms with E-state index in [4.69, 9.17) is 13.9 Å². The Morgan fingerprint density at radius 2 is 1.43 bits per heavy atom. The summed E-state index contributed by atoms with van der Waals surface area (Å²) in [6, 6.07) is 4.30. The summed E-state index contributed by atoms with van der Waals surface area (Å²) in [6.45, 7) is 14.4. The van der Waals surface area contributed by atoms with Crippen molar-refractivity contribution >= 4 is 8.32 Å². The van der Waals surface area contributed by atoms with Crippen LogP contribution < -0.4 is 9.47 Å². The Balaban J connectivity index is 2.19. The molecule has 0 amide bonds. The Kier molecular flexibility index (Phi) is 7.28. The average Bonchev–Trinajstić information content (AvgIpc) is 2.72. The van der Waals surface area contributed by atoms with E-state index in [0.717, 1.165) is 17.9 Å². The first kappa shape index (κ1) is 23.7. The minimum Gasteiger partial charge on any atom is -0.497 e. The lowest BCUT2D eigenvalue weighted by Gasteiger charge is -2.53. The maximum Gasteiger partial charge on any atom is 0.201 e. The fraction of sp³-hybridized carbons (Fsp3) is 0.769. The highest BCUT2D eigenvalue weighted by Crippen LogP contribution is 2.60. The molecular formula is C26H44O3Si. The van der Waals surface area contributed by atoms with E-state index >= 15 is 0 Å². The molecule has 0 aliphatic heterocycles. The van der Waals surface area contributed by atoms with Crippen molar-refractivity contribution in [3.63, 3.8) is 0 Å². The van der Waals surface area contributed by atoms with Gasteiger partial charge < -0.3 is 13.9 Å². The van der Waals surface area contributed by atoms with Gasteiger partial charge >= 0.3 is 0 Å². The van der Waals surface area contributed by atoms with E-state index in [1.165, 1.54) is 49.7 Å². The fourth-order valence-electron chi connectivity index (χ4n) is 6.83. The summed E-state index contributed by atoms with van der Waals surface area (Å²) in [5.74, 6) is 1.85. The number of hydrogen-bond acceptors (Lipinski definition) is 3. The smallest absolute Gasteiger partial charge is 0.201 e. The van der Waals surface area contributed by atoms with Crippen LogP contribution in [0.4, 0.5) is 0 Å². The van der Waals surface area contributed by atoms with E-state index in [9.17, 15) is 0 Å². The minimum absolute atomic E-state index is 0.140. The van der Waals surface area contributed by atoms with Gasteiger partial charge in [0.25, 0.3) is 0 Å². The summed E-state index contributed by atoms with van der Waals surface area (Å²) < 4.78 is 19.2. The molecule has 2 aliphatic carbocycles. The lowest BCUT2D eigenvalue weighted by Crippen LogP contribution is -2.52. The molecule has 0 saturated heterocycles. The molecule has 1 saturated carbocycles. The first-order chi connectivity index (χ1) is 14.2. The molecule has 1 aromatic carbocycles. The van der Waals surface area contributed by atoms with Gasteiger partial charge in [0.15, 0.2) is 0 Å². The second-order valence-corrected chi connectivity index (χ2v) is 16.0. The predicted molar refractivity (Wildman–Crippen MR) is 128 cm³/mol. The topological polar surface area (TPSA) is 27.7 Å². The van der Waals surface area contributed by atoms with Crippen LogP contribution in [-0.2, 0) is 10.8 Å². The van der Waals surface area contributed by atoms with Crippen LogP contribution in [0.1, 0.15) is 97.3 Å². The highest BCUT2D eigenvalue weighted by atomic mass is 28.4. The zero-order valence-electron chi connectivity index (χ0n) is 20.6. The third kappa shape index (κ3) is 3.95. The van der Waals surface area contributed by atoms with Crippen molar-refractivity contribution in [2.45, 2.75) is 109 Å². The Bertz CT molecular complexity index is 680. The van der Waals surface area contributed by atoms with Gasteiger partial charge in [-0.25, -0.2) is 0 Å². The van der Waals surface area contributed by atoms with Gasteiger partial charge in [0.2, 0.25) is 8.32 Å². The third-order valence-electron chi connectivity index (χ3n) is 8.25. The van der Waals surface area contributed by atoms with Crippen molar-refractivity contribution < 1.29 is 13.9 Å². The number of fused-ring (bicyclic) bond motifs is 1. The quantitative estimate of drug-likeness (QED) is 0.411. The zero-order chi connectivity index (χ0) is 22.1. The number of aryl methyl sites for hydroxylation is 1. The highest BCUT2D eigenvalue weighted by Gasteiger charge is 2.53. The fourth-order valence-corrected chi connectivity index (χ4v) is 12.4. The van der Waals surface area contributed by atoms with Gasteiger partial charge in [0.1, 0.15) is 11.5 Å². The van der Waals surface area contributed by atoms with Crippen molar-refractivity contribution in [2.24, 2.45) is 5.41 Å². The Morgan fingerprint density at radius 3 is 1.93 bits per heavy atom. The van der Waals surface area contributed by atoms with E-state index in [0.29, 0.717) is 16.6 Å². The second-order valence-electron chi connectivity index (χ2n) is 10.6. The molecular weight excluding hydrogens is 388 g/mol. The molecule has 1 spiro atoms. The van der Waals surface area contributed by atoms with Crippen LogP contribution in [0, 0.1) is 5.41 Å². The molecule has 170 valence electrons. The van der Waals surface area contributed by atoms with Crippen LogP contribution in [0.2, 0.25) is 16.6 Å². The second kappa shape index (κ2) is 9.24. The van der Waals surface area contributed by atoms with Gasteiger partial charge in [-0.2, -0.15) is 0 Å². The van der Waals surface area contributed by atoms with E-state index in [1.54, 1.807) is 14.2 Å². The van der Waals surface area contributed by atoms with Gasteiger partial charge in [-0.1, -0.05) is 60.8 Å². The van der Waals surface area contributed by atoms with E-state index in [2.05, 4.69) is 53.7 Å². The van der Waals surface area contributed by atoms with E-state index < -0.39 is 8.32 Å². The van der Waals surface area contributed by atoms with E-state index in [1.807, 2.05) is 0 Å². The number of methoxy groups -OCH3 is 2. The molecule has 1 aromatic rings. The SMILES string of the molecule is COc1cc2c(c(OC)c1)C(O[Si](C(C)C)(C(C)C)C(C)C)C1(CCCCC1)CC2. The average molecular weight is 433 g/mol. The third-order valence-corrected chi connectivity index (χ3v) is 14.3. The summed E-state index contributed by atoms with van der Waals surface area (Å²) in [4.78, 5) is 0. The van der Waals surface area contributed by atoms with Crippen molar-refractivity contribution in [1.82, 2.24) is 0 Å². The van der Waals surface area contributed by atoms with Crippen LogP contribution in [0.15, 0.2) is 12.1 Å². The van der Waals surface area contributed by atoms with Gasteiger partial charge in [-0.15, -0.1) is 0 Å². The van der Waals surface area contributed by atoms with E-state index in [-0.39, 0.29) is 11.5 Å². The highest BCUT2D eigenvalue weighted by molar-refractivity contribution is 6.77. The molecule has 0 bridgehead atoms. The Labute approximate surface area is 186 Å². The molecule has 1 fully saturated rings. The molecule has 1 unspecified atom stereocenters. The molecule has 1 atom stereocenters. The standard InChI is InChI=1S/C26H44O3Si/c1-18(2)30(19(3)4,20(5)6)29-25-24-21(16-22(27-7)17-23(24)28-8)12-15-26(25)13-10-9-11-14-26/h16-20,25H,9-15H2,1-8H3. The molecule has 0 heterocycles. The number of benzene rings is 1. The molecule has 2 aliphatic rings. The van der Waals surface area contributed by atoms with Crippen LogP contribution in [0.25, 0.3) is 0 Å². The number of rotatable bonds is 7. The summed E-state index contributed by atoms with van der Waals surface area (Å²) >= 11 is 0. The maximum absolute atomic E-state index is 7.62. The summed E-state index contributed by atoms with van der Waals surface area (Å²) in [5.41, 5.74) is 4.68. The molecule has 30 heavy (non-hydrogen) atoms. The van der Waals surface area contributed by atoms with Gasteiger partial charge in [0.05, 0.1) is 20.3 Å².